The molecule has 42 heavy (non-hydrogen) atoms. The Bertz CT molecular complexity index is 2160. The van der Waals surface area contributed by atoms with Crippen LogP contribution in [0.1, 0.15) is 0 Å². The Morgan fingerprint density at radius 1 is 0.476 bits per heavy atom. The van der Waals surface area contributed by atoms with E-state index < -0.39 is 0 Å². The normalized spacial score (nSPS) is 11.1. The Morgan fingerprint density at radius 2 is 0.905 bits per heavy atom. The van der Waals surface area contributed by atoms with Crippen LogP contribution in [0.4, 0.5) is 0 Å². The molecule has 4 nitrogen and oxygen atoms in total. The van der Waals surface area contributed by atoms with Crippen LogP contribution in [0.5, 0.6) is 5.75 Å². The second-order valence-electron chi connectivity index (χ2n) is 9.87. The van der Waals surface area contributed by atoms with Gasteiger partial charge < -0.3 is 18.5 Å². The van der Waals surface area contributed by atoms with E-state index in [1.165, 1.54) is 21.9 Å². The number of halogens is 1. The molecule has 0 bridgehead atoms. The molecule has 0 atom stereocenters. The lowest BCUT2D eigenvalue weighted by atomic mass is 10.0. The molecule has 2 aromatic heterocycles. The van der Waals surface area contributed by atoms with Crippen LogP contribution in [0.3, 0.4) is 0 Å². The van der Waals surface area contributed by atoms with Crippen molar-refractivity contribution in [3.05, 3.63) is 138 Å². The number of hydrogen-bond donors (Lipinski definition) is 1. The summed E-state index contributed by atoms with van der Waals surface area (Å²) in [7, 11) is 0.679. The predicted molar refractivity (Wildman–Crippen MR) is 175 cm³/mol. The minimum absolute atomic E-state index is 0.598. The van der Waals surface area contributed by atoms with Gasteiger partial charge >= 0.3 is 7.69 Å². The maximum atomic E-state index is 8.64. The molecular weight excluding hydrogens is 587 g/mol. The quantitative estimate of drug-likeness (QED) is 0.202. The molecule has 1 radical (unpaired) electrons. The van der Waals surface area contributed by atoms with Crippen molar-refractivity contribution in [1.29, 1.82) is 0 Å². The number of fused-ring (bicyclic) bond motifs is 6. The molecule has 6 heteroatoms. The summed E-state index contributed by atoms with van der Waals surface area (Å²) in [6.07, 6.45) is 0. The van der Waals surface area contributed by atoms with E-state index in [1.807, 2.05) is 78.9 Å². The standard InChI is InChI=1S/C18H12BO3.C18H11BrO/c20-19-22-14-8-5-12(6-9-14)13-7-10-18-16(11-13)15-3-1-2-4-17(15)21-18;19-14-8-5-12(6-9-14)13-7-10-18-16(11-13)15-3-1-2-4-17(15)20-18/h1-11,20H;1-11H. The number of rotatable bonds is 4. The molecular formula is C36H23BBrO4. The highest BCUT2D eigenvalue weighted by atomic mass is 79.9. The smallest absolute Gasteiger partial charge is 0.537 e. The summed E-state index contributed by atoms with van der Waals surface area (Å²) in [5, 5.41) is 13.2. The maximum absolute atomic E-state index is 8.64. The first-order valence-electron chi connectivity index (χ1n) is 13.5. The molecule has 6 aromatic carbocycles. The van der Waals surface area contributed by atoms with E-state index >= 15 is 0 Å². The van der Waals surface area contributed by atoms with Gasteiger partial charge in [-0.15, -0.1) is 0 Å². The Kier molecular flexibility index (Phi) is 7.00. The van der Waals surface area contributed by atoms with E-state index in [2.05, 4.69) is 70.5 Å². The lowest BCUT2D eigenvalue weighted by Crippen LogP contribution is -1.99. The minimum Gasteiger partial charge on any atom is -0.537 e. The van der Waals surface area contributed by atoms with Gasteiger partial charge in [0.25, 0.3) is 0 Å². The topological polar surface area (TPSA) is 55.7 Å². The summed E-state index contributed by atoms with van der Waals surface area (Å²) in [5.41, 5.74) is 8.27. The third-order valence-corrected chi connectivity index (χ3v) is 7.84. The summed E-state index contributed by atoms with van der Waals surface area (Å²) >= 11 is 3.47. The van der Waals surface area contributed by atoms with E-state index in [0.717, 1.165) is 48.7 Å². The molecule has 0 unspecified atom stereocenters. The van der Waals surface area contributed by atoms with E-state index in [4.69, 9.17) is 18.5 Å². The molecule has 0 aliphatic rings. The third-order valence-electron chi connectivity index (χ3n) is 7.31. The molecule has 8 rings (SSSR count). The van der Waals surface area contributed by atoms with Gasteiger partial charge in [-0.3, -0.25) is 0 Å². The molecule has 2 heterocycles. The van der Waals surface area contributed by atoms with Crippen molar-refractivity contribution in [2.45, 2.75) is 0 Å². The number of hydrogen-bond acceptors (Lipinski definition) is 4. The first-order valence-corrected chi connectivity index (χ1v) is 14.3. The predicted octanol–water partition coefficient (Wildman–Crippen LogP) is 10.2. The zero-order valence-corrected chi connectivity index (χ0v) is 23.9. The Labute approximate surface area is 251 Å². The summed E-state index contributed by atoms with van der Waals surface area (Å²) in [6.45, 7) is 0. The average molecular weight is 610 g/mol. The minimum atomic E-state index is 0.598. The summed E-state index contributed by atoms with van der Waals surface area (Å²) in [5.74, 6) is 0.598. The molecule has 1 N–H and O–H groups in total. The van der Waals surface area contributed by atoms with Crippen LogP contribution in [0.2, 0.25) is 0 Å². The van der Waals surface area contributed by atoms with Crippen molar-refractivity contribution >= 4 is 67.5 Å². The summed E-state index contributed by atoms with van der Waals surface area (Å²) in [4.78, 5) is 0. The SMILES string of the molecule is Brc1ccc(-c2ccc3oc4ccccc4c3c2)cc1.O[B]Oc1ccc(-c2ccc3oc4ccccc4c3c2)cc1. The first-order chi connectivity index (χ1) is 20.7. The van der Waals surface area contributed by atoms with Gasteiger partial charge in [0.2, 0.25) is 0 Å². The molecule has 201 valence electrons. The highest BCUT2D eigenvalue weighted by molar-refractivity contribution is 9.10. The second-order valence-corrected chi connectivity index (χ2v) is 10.8. The van der Waals surface area contributed by atoms with E-state index in [9.17, 15) is 0 Å². The van der Waals surface area contributed by atoms with Gasteiger partial charge in [0.05, 0.1) is 0 Å². The molecule has 0 amide bonds. The average Bonchev–Trinajstić information content (AvgIpc) is 3.60. The van der Waals surface area contributed by atoms with Gasteiger partial charge in [-0.1, -0.05) is 88.7 Å². The molecule has 0 fully saturated rings. The molecule has 0 spiro atoms. The lowest BCUT2D eigenvalue weighted by molar-refractivity contribution is 0.454. The Hall–Kier alpha value is -4.78. The number of benzene rings is 6. The fourth-order valence-electron chi connectivity index (χ4n) is 5.24. The van der Waals surface area contributed by atoms with Crippen molar-refractivity contribution in [3.8, 4) is 28.0 Å². The number of para-hydroxylation sites is 2. The highest BCUT2D eigenvalue weighted by Gasteiger charge is 2.09. The van der Waals surface area contributed by atoms with Crippen LogP contribution < -0.4 is 4.65 Å². The van der Waals surface area contributed by atoms with Crippen LogP contribution in [0.25, 0.3) is 66.1 Å². The van der Waals surface area contributed by atoms with Gasteiger partial charge in [0, 0.05) is 26.0 Å². The third kappa shape index (κ3) is 5.07. The van der Waals surface area contributed by atoms with Crippen LogP contribution in [0.15, 0.2) is 147 Å². The van der Waals surface area contributed by atoms with Gasteiger partial charge in [0.1, 0.15) is 28.1 Å². The van der Waals surface area contributed by atoms with E-state index in [-0.39, 0.29) is 0 Å². The van der Waals surface area contributed by atoms with E-state index in [1.54, 1.807) is 0 Å². The zero-order valence-electron chi connectivity index (χ0n) is 22.3. The fraction of sp³-hybridized carbons (Fsp3) is 0. The van der Waals surface area contributed by atoms with Crippen molar-refractivity contribution in [1.82, 2.24) is 0 Å². The van der Waals surface area contributed by atoms with Crippen LogP contribution in [-0.2, 0) is 0 Å². The van der Waals surface area contributed by atoms with E-state index in [0.29, 0.717) is 13.4 Å². The lowest BCUT2D eigenvalue weighted by Gasteiger charge is -2.04. The molecule has 8 aromatic rings. The van der Waals surface area contributed by atoms with Gasteiger partial charge in [-0.05, 0) is 82.9 Å². The van der Waals surface area contributed by atoms with Crippen LogP contribution in [-0.4, -0.2) is 12.7 Å². The molecule has 0 aliphatic carbocycles. The maximum Gasteiger partial charge on any atom is 0.569 e. The largest absolute Gasteiger partial charge is 0.569 e. The Morgan fingerprint density at radius 3 is 1.40 bits per heavy atom. The van der Waals surface area contributed by atoms with Crippen LogP contribution >= 0.6 is 15.9 Å². The van der Waals surface area contributed by atoms with Crippen LogP contribution in [0, 0.1) is 0 Å². The van der Waals surface area contributed by atoms with Crippen molar-refractivity contribution in [2.24, 2.45) is 0 Å². The van der Waals surface area contributed by atoms with Crippen molar-refractivity contribution < 1.29 is 18.5 Å². The Balaban J connectivity index is 0.000000138. The van der Waals surface area contributed by atoms with Gasteiger partial charge in [-0.2, -0.15) is 0 Å². The molecule has 0 saturated heterocycles. The molecule has 0 aliphatic heterocycles. The fourth-order valence-corrected chi connectivity index (χ4v) is 5.50. The van der Waals surface area contributed by atoms with Crippen molar-refractivity contribution in [3.63, 3.8) is 0 Å². The van der Waals surface area contributed by atoms with Gasteiger partial charge in [0.15, 0.2) is 0 Å². The number of furan rings is 2. The van der Waals surface area contributed by atoms with Gasteiger partial charge in [-0.25, -0.2) is 0 Å². The summed E-state index contributed by atoms with van der Waals surface area (Å²) < 4.78 is 17.7. The highest BCUT2D eigenvalue weighted by Crippen LogP contribution is 2.34. The second kappa shape index (κ2) is 11.2. The zero-order chi connectivity index (χ0) is 28.5. The monoisotopic (exact) mass is 609 g/mol. The molecule has 0 saturated carbocycles. The van der Waals surface area contributed by atoms with Crippen molar-refractivity contribution in [2.75, 3.05) is 0 Å². The first kappa shape index (κ1) is 26.1. The summed E-state index contributed by atoms with van der Waals surface area (Å²) in [6, 6.07) is 44.6.